The highest BCUT2D eigenvalue weighted by atomic mass is 32.1. The largest absolute Gasteiger partial charge is 0.550 e. The normalized spacial score (nSPS) is 10.8. The Balaban J connectivity index is 1.84. The summed E-state index contributed by atoms with van der Waals surface area (Å²) in [5.74, 6) is -1.05. The maximum absolute atomic E-state index is 10.4. The number of aromatic nitrogens is 4. The number of fused-ring (bicyclic) bond motifs is 1. The van der Waals surface area contributed by atoms with E-state index in [1.165, 1.54) is 11.5 Å². The number of carboxylic acid groups (broad SMARTS) is 1. The van der Waals surface area contributed by atoms with E-state index in [9.17, 15) is 9.90 Å². The molecule has 20 heavy (non-hydrogen) atoms. The zero-order valence-electron chi connectivity index (χ0n) is 10.4. The number of carbonyl (C=O) groups is 1. The lowest BCUT2D eigenvalue weighted by atomic mass is 10.2. The predicted octanol–water partition coefficient (Wildman–Crippen LogP) is 0.181. The van der Waals surface area contributed by atoms with Gasteiger partial charge in [-0.1, -0.05) is 4.49 Å². The lowest BCUT2D eigenvalue weighted by Crippen LogP contribution is -2.36. The number of hydrogen-bond donors (Lipinski definition) is 0. The van der Waals surface area contributed by atoms with Crippen LogP contribution in [-0.2, 0) is 11.3 Å². The van der Waals surface area contributed by atoms with Crippen LogP contribution in [0.4, 0.5) is 0 Å². The van der Waals surface area contributed by atoms with Gasteiger partial charge in [-0.05, 0) is 12.1 Å². The Labute approximate surface area is 118 Å². The van der Waals surface area contributed by atoms with Gasteiger partial charge in [-0.15, -0.1) is 5.10 Å². The monoisotopic (exact) mass is 286 g/mol. The Morgan fingerprint density at radius 2 is 2.05 bits per heavy atom. The molecular formula is C13H10N4O2S. The molecule has 0 aliphatic heterocycles. The van der Waals surface area contributed by atoms with Crippen molar-refractivity contribution in [2.75, 3.05) is 0 Å². The van der Waals surface area contributed by atoms with Crippen LogP contribution in [0.2, 0.25) is 0 Å². The molecule has 0 spiro atoms. The molecule has 3 rings (SSSR count). The van der Waals surface area contributed by atoms with Crippen LogP contribution in [0.15, 0.2) is 36.7 Å². The highest BCUT2D eigenvalue weighted by molar-refractivity contribution is 7.12. The average molecular weight is 286 g/mol. The number of nitrogens with zero attached hydrogens (tertiary/aromatic N) is 4. The van der Waals surface area contributed by atoms with Crippen molar-refractivity contribution in [1.82, 2.24) is 14.6 Å². The fourth-order valence-electron chi connectivity index (χ4n) is 1.84. The highest BCUT2D eigenvalue weighted by Crippen LogP contribution is 2.20. The second kappa shape index (κ2) is 5.30. The number of carboxylic acids is 1. The van der Waals surface area contributed by atoms with Crippen molar-refractivity contribution in [3.63, 3.8) is 0 Å². The first-order valence-electron chi connectivity index (χ1n) is 6.01. The first-order chi connectivity index (χ1) is 9.72. The molecule has 0 unspecified atom stereocenters. The lowest BCUT2D eigenvalue weighted by Gasteiger charge is -2.01. The zero-order chi connectivity index (χ0) is 13.9. The van der Waals surface area contributed by atoms with E-state index >= 15 is 0 Å². The molecule has 0 radical (unpaired) electrons. The van der Waals surface area contributed by atoms with Crippen molar-refractivity contribution in [2.24, 2.45) is 0 Å². The number of pyridine rings is 2. The molecular weight excluding hydrogens is 276 g/mol. The SMILES string of the molecule is O=C([O-])CC[n+]1ccc(-c2ccc3nnsc3n2)cc1. The third-order valence-corrected chi connectivity index (χ3v) is 3.51. The molecule has 0 amide bonds. The summed E-state index contributed by atoms with van der Waals surface area (Å²) >= 11 is 1.26. The second-order valence-corrected chi connectivity index (χ2v) is 4.97. The van der Waals surface area contributed by atoms with Crippen LogP contribution in [0.1, 0.15) is 6.42 Å². The van der Waals surface area contributed by atoms with Crippen molar-refractivity contribution >= 4 is 27.8 Å². The molecule has 6 nitrogen and oxygen atoms in total. The summed E-state index contributed by atoms with van der Waals surface area (Å²) in [4.78, 5) is 15.7. The summed E-state index contributed by atoms with van der Waals surface area (Å²) in [5, 5.41) is 14.4. The van der Waals surface area contributed by atoms with Crippen LogP contribution in [0.5, 0.6) is 0 Å². The molecule has 0 saturated carbocycles. The third-order valence-electron chi connectivity index (χ3n) is 2.88. The van der Waals surface area contributed by atoms with E-state index in [1.807, 2.05) is 36.7 Å². The summed E-state index contributed by atoms with van der Waals surface area (Å²) in [7, 11) is 0. The molecule has 3 aromatic rings. The van der Waals surface area contributed by atoms with Crippen LogP contribution in [0, 0.1) is 0 Å². The van der Waals surface area contributed by atoms with E-state index in [0.717, 1.165) is 21.6 Å². The van der Waals surface area contributed by atoms with Gasteiger partial charge in [0.2, 0.25) is 0 Å². The number of aliphatic carboxylic acids is 1. The molecule has 0 aromatic carbocycles. The van der Waals surface area contributed by atoms with Gasteiger partial charge in [-0.25, -0.2) is 9.55 Å². The van der Waals surface area contributed by atoms with E-state index in [2.05, 4.69) is 14.6 Å². The first kappa shape index (κ1) is 12.6. The Morgan fingerprint density at radius 1 is 1.25 bits per heavy atom. The van der Waals surface area contributed by atoms with E-state index in [-0.39, 0.29) is 6.42 Å². The zero-order valence-corrected chi connectivity index (χ0v) is 11.2. The Morgan fingerprint density at radius 3 is 2.80 bits per heavy atom. The molecule has 0 aliphatic carbocycles. The minimum atomic E-state index is -1.05. The van der Waals surface area contributed by atoms with Crippen LogP contribution in [0.3, 0.4) is 0 Å². The average Bonchev–Trinajstić information content (AvgIpc) is 2.93. The standard InChI is InChI=1S/C13H10N4O2S/c18-12(19)5-8-17-6-3-9(4-7-17)10-1-2-11-13(14-10)20-16-15-11/h1-4,6-7H,5,8H2. The Bertz CT molecular complexity index is 754. The minimum absolute atomic E-state index is 0.000751. The van der Waals surface area contributed by atoms with Gasteiger partial charge in [0.1, 0.15) is 5.52 Å². The van der Waals surface area contributed by atoms with Gasteiger partial charge >= 0.3 is 0 Å². The van der Waals surface area contributed by atoms with Crippen LogP contribution < -0.4 is 9.67 Å². The Kier molecular flexibility index (Phi) is 3.34. The predicted molar refractivity (Wildman–Crippen MR) is 70.5 cm³/mol. The topological polar surface area (TPSA) is 82.7 Å². The summed E-state index contributed by atoms with van der Waals surface area (Å²) < 4.78 is 5.65. The summed E-state index contributed by atoms with van der Waals surface area (Å²) in [6.45, 7) is 0.397. The van der Waals surface area contributed by atoms with Crippen molar-refractivity contribution in [3.8, 4) is 11.3 Å². The molecule has 0 aliphatic rings. The summed E-state index contributed by atoms with van der Waals surface area (Å²) in [6, 6.07) is 7.58. The van der Waals surface area contributed by atoms with Gasteiger partial charge < -0.3 is 9.90 Å². The summed E-state index contributed by atoms with van der Waals surface area (Å²) in [5.41, 5.74) is 2.60. The van der Waals surface area contributed by atoms with Crippen LogP contribution in [-0.4, -0.2) is 20.5 Å². The molecule has 0 bridgehead atoms. The van der Waals surface area contributed by atoms with E-state index in [0.29, 0.717) is 6.54 Å². The van der Waals surface area contributed by atoms with E-state index in [4.69, 9.17) is 0 Å². The van der Waals surface area contributed by atoms with Gasteiger partial charge in [-0.3, -0.25) is 0 Å². The molecule has 3 heterocycles. The molecule has 0 fully saturated rings. The number of aryl methyl sites for hydroxylation is 1. The lowest BCUT2D eigenvalue weighted by molar-refractivity contribution is -0.696. The molecule has 100 valence electrons. The molecule has 7 heteroatoms. The van der Waals surface area contributed by atoms with Gasteiger partial charge in [0.15, 0.2) is 23.8 Å². The van der Waals surface area contributed by atoms with Crippen molar-refractivity contribution in [2.45, 2.75) is 13.0 Å². The molecule has 0 N–H and O–H groups in total. The number of hydrogen-bond acceptors (Lipinski definition) is 6. The van der Waals surface area contributed by atoms with Gasteiger partial charge in [0.25, 0.3) is 0 Å². The van der Waals surface area contributed by atoms with Gasteiger partial charge in [0, 0.05) is 41.6 Å². The van der Waals surface area contributed by atoms with Crippen molar-refractivity contribution < 1.29 is 14.5 Å². The van der Waals surface area contributed by atoms with Crippen molar-refractivity contribution in [3.05, 3.63) is 36.7 Å². The number of rotatable bonds is 4. The smallest absolute Gasteiger partial charge is 0.169 e. The second-order valence-electron chi connectivity index (χ2n) is 4.24. The highest BCUT2D eigenvalue weighted by Gasteiger charge is 2.06. The minimum Gasteiger partial charge on any atom is -0.550 e. The fourth-order valence-corrected chi connectivity index (χ4v) is 2.39. The van der Waals surface area contributed by atoms with E-state index < -0.39 is 5.97 Å². The fraction of sp³-hybridized carbons (Fsp3) is 0.154. The van der Waals surface area contributed by atoms with Gasteiger partial charge in [-0.2, -0.15) is 0 Å². The maximum atomic E-state index is 10.4. The summed E-state index contributed by atoms with van der Waals surface area (Å²) in [6.07, 6.45) is 3.66. The van der Waals surface area contributed by atoms with Crippen molar-refractivity contribution in [1.29, 1.82) is 0 Å². The number of carbonyl (C=O) groups excluding carboxylic acids is 1. The van der Waals surface area contributed by atoms with Crippen LogP contribution in [0.25, 0.3) is 21.6 Å². The quantitative estimate of drug-likeness (QED) is 0.639. The van der Waals surface area contributed by atoms with Gasteiger partial charge in [0.05, 0.1) is 5.69 Å². The molecule has 0 saturated heterocycles. The molecule has 0 atom stereocenters. The first-order valence-corrected chi connectivity index (χ1v) is 6.78. The molecule has 3 aromatic heterocycles. The van der Waals surface area contributed by atoms with Crippen LogP contribution >= 0.6 is 11.5 Å². The van der Waals surface area contributed by atoms with E-state index in [1.54, 1.807) is 4.57 Å². The Hall–Kier alpha value is -2.41. The third kappa shape index (κ3) is 2.62. The maximum Gasteiger partial charge on any atom is 0.169 e.